The van der Waals surface area contributed by atoms with E-state index in [1.807, 2.05) is 0 Å². The van der Waals surface area contributed by atoms with E-state index in [0.29, 0.717) is 5.75 Å². The second-order valence-corrected chi connectivity index (χ2v) is 5.26. The fourth-order valence-electron chi connectivity index (χ4n) is 2.35. The zero-order valence-electron chi connectivity index (χ0n) is 13.5. The van der Waals surface area contributed by atoms with Crippen LogP contribution in [0.5, 0.6) is 5.75 Å². The second kappa shape index (κ2) is 7.92. The van der Waals surface area contributed by atoms with Crippen LogP contribution in [0.1, 0.15) is 29.6 Å². The van der Waals surface area contributed by atoms with Crippen molar-refractivity contribution in [3.05, 3.63) is 53.3 Å². The number of Topliss-reactive ketones (excluding diaryl/α,β-unsaturated/α-hetero) is 2. The number of ketones is 2. The minimum Gasteiger partial charge on any atom is -0.496 e. The monoisotopic (exact) mass is 351 g/mol. The second-order valence-electron chi connectivity index (χ2n) is 5.26. The van der Waals surface area contributed by atoms with Crippen molar-refractivity contribution in [3.8, 4) is 5.75 Å². The molecule has 4 nitrogen and oxygen atoms in total. The summed E-state index contributed by atoms with van der Waals surface area (Å²) >= 11 is 0. The Morgan fingerprint density at radius 3 is 2.52 bits per heavy atom. The Morgan fingerprint density at radius 1 is 1.16 bits per heavy atom. The van der Waals surface area contributed by atoms with Crippen molar-refractivity contribution in [2.24, 2.45) is 4.99 Å². The van der Waals surface area contributed by atoms with Crippen molar-refractivity contribution in [1.29, 1.82) is 0 Å². The number of hydrogen-bond acceptors (Lipinski definition) is 4. The Labute approximate surface area is 142 Å². The minimum absolute atomic E-state index is 0.205. The Kier molecular flexibility index (Phi) is 5.90. The van der Waals surface area contributed by atoms with Crippen LogP contribution in [-0.2, 0) is 4.79 Å². The molecule has 132 valence electrons. The number of benzene rings is 1. The molecule has 7 heteroatoms. The number of ether oxygens (including phenoxy) is 1. The fourth-order valence-corrected chi connectivity index (χ4v) is 2.35. The fraction of sp³-hybridized carbons (Fsp3) is 0.278. The molecule has 0 N–H and O–H groups in total. The summed E-state index contributed by atoms with van der Waals surface area (Å²) in [7, 11) is 1.41. The van der Waals surface area contributed by atoms with E-state index in [2.05, 4.69) is 4.99 Å². The minimum atomic E-state index is -4.68. The van der Waals surface area contributed by atoms with Gasteiger partial charge in [0.15, 0.2) is 11.6 Å². The van der Waals surface area contributed by atoms with Crippen molar-refractivity contribution < 1.29 is 27.5 Å². The lowest BCUT2D eigenvalue weighted by Gasteiger charge is -2.11. The van der Waals surface area contributed by atoms with Gasteiger partial charge in [0.05, 0.1) is 18.2 Å². The molecule has 0 aromatic heterocycles. The number of carbonyl (C=O) groups excluding carboxylic acids is 2. The van der Waals surface area contributed by atoms with Gasteiger partial charge in [0.2, 0.25) is 0 Å². The van der Waals surface area contributed by atoms with Crippen molar-refractivity contribution in [1.82, 2.24) is 0 Å². The maximum atomic E-state index is 13.1. The van der Waals surface area contributed by atoms with Gasteiger partial charge in [-0.05, 0) is 12.1 Å². The molecule has 0 bridgehead atoms. The number of aliphatic imine (C=N–C) groups is 1. The largest absolute Gasteiger partial charge is 0.496 e. The van der Waals surface area contributed by atoms with E-state index in [1.54, 1.807) is 24.3 Å². The van der Waals surface area contributed by atoms with E-state index >= 15 is 0 Å². The first-order valence-corrected chi connectivity index (χ1v) is 7.54. The molecule has 0 atom stereocenters. The summed E-state index contributed by atoms with van der Waals surface area (Å²) < 4.78 is 44.3. The van der Waals surface area contributed by atoms with Crippen LogP contribution in [0.2, 0.25) is 0 Å². The first-order chi connectivity index (χ1) is 11.8. The molecule has 0 aliphatic carbocycles. The Morgan fingerprint density at radius 2 is 1.84 bits per heavy atom. The molecule has 25 heavy (non-hydrogen) atoms. The molecule has 0 spiro atoms. The van der Waals surface area contributed by atoms with Gasteiger partial charge in [0, 0.05) is 25.5 Å². The van der Waals surface area contributed by atoms with E-state index in [1.165, 1.54) is 19.4 Å². The van der Waals surface area contributed by atoms with Crippen LogP contribution in [0.4, 0.5) is 13.2 Å². The number of alkyl halides is 3. The summed E-state index contributed by atoms with van der Waals surface area (Å²) in [4.78, 5) is 28.1. The number of para-hydroxylation sites is 1. The lowest BCUT2D eigenvalue weighted by Crippen LogP contribution is -2.16. The number of hydrogen-bond donors (Lipinski definition) is 0. The van der Waals surface area contributed by atoms with Crippen LogP contribution in [-0.4, -0.2) is 31.1 Å². The molecule has 1 aromatic rings. The lowest BCUT2D eigenvalue weighted by molar-refractivity contribution is -0.117. The molecule has 0 unspecified atom stereocenters. The van der Waals surface area contributed by atoms with Gasteiger partial charge < -0.3 is 4.74 Å². The highest BCUT2D eigenvalue weighted by Crippen LogP contribution is 2.32. The quantitative estimate of drug-likeness (QED) is 0.726. The maximum Gasteiger partial charge on any atom is 0.418 e. The molecule has 0 radical (unpaired) electrons. The van der Waals surface area contributed by atoms with E-state index < -0.39 is 23.2 Å². The maximum absolute atomic E-state index is 13.1. The zero-order chi connectivity index (χ0) is 18.4. The van der Waals surface area contributed by atoms with E-state index in [0.717, 1.165) is 6.08 Å². The number of methoxy groups -OCH3 is 1. The predicted molar refractivity (Wildman–Crippen MR) is 86.9 cm³/mol. The number of nitrogens with zero attached hydrogens (tertiary/aromatic N) is 1. The predicted octanol–water partition coefficient (Wildman–Crippen LogP) is 4.07. The molecule has 1 aromatic carbocycles. The first-order valence-electron chi connectivity index (χ1n) is 7.54. The molecule has 1 aliphatic rings. The van der Waals surface area contributed by atoms with E-state index in [9.17, 15) is 22.8 Å². The third-order valence-corrected chi connectivity index (χ3v) is 3.56. The zero-order valence-corrected chi connectivity index (χ0v) is 13.5. The number of allylic oxidation sites excluding steroid dienone is 4. The van der Waals surface area contributed by atoms with Crippen LogP contribution in [0.15, 0.2) is 52.7 Å². The average molecular weight is 351 g/mol. The summed E-state index contributed by atoms with van der Waals surface area (Å²) in [6, 6.07) is 6.47. The number of halogens is 3. The van der Waals surface area contributed by atoms with Crippen LogP contribution in [0.25, 0.3) is 0 Å². The topological polar surface area (TPSA) is 55.7 Å². The number of rotatable bonds is 6. The third-order valence-electron chi connectivity index (χ3n) is 3.56. The van der Waals surface area contributed by atoms with Crippen molar-refractivity contribution in [2.45, 2.75) is 25.4 Å². The van der Waals surface area contributed by atoms with Crippen molar-refractivity contribution >= 4 is 17.8 Å². The van der Waals surface area contributed by atoms with Gasteiger partial charge in [-0.3, -0.25) is 14.6 Å². The molecule has 0 fully saturated rings. The van der Waals surface area contributed by atoms with Gasteiger partial charge in [-0.15, -0.1) is 0 Å². The summed E-state index contributed by atoms with van der Waals surface area (Å²) in [6.07, 6.45) is -1.70. The normalized spacial score (nSPS) is 14.4. The Bertz CT molecular complexity index is 761. The molecular formula is C18H16F3NO3. The van der Waals surface area contributed by atoms with Gasteiger partial charge in [-0.2, -0.15) is 13.2 Å². The summed E-state index contributed by atoms with van der Waals surface area (Å²) in [6.45, 7) is 0. The molecule has 1 heterocycles. The summed E-state index contributed by atoms with van der Waals surface area (Å²) in [5.41, 5.74) is -1.46. The Hall–Kier alpha value is -2.70. The van der Waals surface area contributed by atoms with E-state index in [-0.39, 0.29) is 30.6 Å². The average Bonchev–Trinajstić information content (AvgIpc) is 2.85. The number of carbonyl (C=O) groups is 2. The highest BCUT2D eigenvalue weighted by molar-refractivity contribution is 6.04. The van der Waals surface area contributed by atoms with Crippen LogP contribution >= 0.6 is 0 Å². The smallest absolute Gasteiger partial charge is 0.418 e. The highest BCUT2D eigenvalue weighted by Gasteiger charge is 2.36. The standard InChI is InChI=1S/C18H16F3NO3/c1-25-16-8-3-2-6-12(16)14(23)9-10-15(24)17-13(18(19,20)21)7-4-5-11-22-17/h2-4,6-8,11H,5,9-10H2,1H3. The van der Waals surface area contributed by atoms with Crippen LogP contribution in [0.3, 0.4) is 0 Å². The molecule has 0 saturated carbocycles. The van der Waals surface area contributed by atoms with Crippen molar-refractivity contribution in [3.63, 3.8) is 0 Å². The molecule has 0 amide bonds. The Balaban J connectivity index is 2.17. The van der Waals surface area contributed by atoms with Gasteiger partial charge >= 0.3 is 6.18 Å². The molecular weight excluding hydrogens is 335 g/mol. The van der Waals surface area contributed by atoms with Gasteiger partial charge in [0.25, 0.3) is 0 Å². The first kappa shape index (κ1) is 18.6. The third kappa shape index (κ3) is 4.65. The molecule has 0 saturated heterocycles. The van der Waals surface area contributed by atoms with Crippen molar-refractivity contribution in [2.75, 3.05) is 7.11 Å². The molecule has 1 aliphatic heterocycles. The molecule has 2 rings (SSSR count). The lowest BCUT2D eigenvalue weighted by atomic mass is 10.0. The van der Waals surface area contributed by atoms with Gasteiger partial charge in [-0.25, -0.2) is 0 Å². The van der Waals surface area contributed by atoms with Crippen LogP contribution < -0.4 is 4.74 Å². The SMILES string of the molecule is COc1ccccc1C(=O)CCC(=O)C1=C(C(F)(F)F)C=CCC=N1. The van der Waals surface area contributed by atoms with Gasteiger partial charge in [0.1, 0.15) is 11.4 Å². The summed E-state index contributed by atoms with van der Waals surface area (Å²) in [5.74, 6) is -0.850. The summed E-state index contributed by atoms with van der Waals surface area (Å²) in [5, 5.41) is 0. The van der Waals surface area contributed by atoms with Gasteiger partial charge in [-0.1, -0.05) is 24.3 Å². The van der Waals surface area contributed by atoms with E-state index in [4.69, 9.17) is 4.74 Å². The van der Waals surface area contributed by atoms with Crippen LogP contribution in [0, 0.1) is 0 Å². The highest BCUT2D eigenvalue weighted by atomic mass is 19.4.